The molecule has 3 aromatic rings. The van der Waals surface area contributed by atoms with Gasteiger partial charge >= 0.3 is 0 Å². The average Bonchev–Trinajstić information content (AvgIpc) is 2.30. The summed E-state index contributed by atoms with van der Waals surface area (Å²) in [7, 11) is 0. The van der Waals surface area contributed by atoms with Gasteiger partial charge in [0, 0.05) is 10.8 Å². The minimum absolute atomic E-state index is 0.199. The van der Waals surface area contributed by atoms with Gasteiger partial charge in [0.15, 0.2) is 0 Å². The van der Waals surface area contributed by atoms with E-state index in [1.165, 1.54) is 0 Å². The summed E-state index contributed by atoms with van der Waals surface area (Å²) in [5, 5.41) is 23.0. The molecule has 0 spiro atoms. The zero-order chi connectivity index (χ0) is 11.1. The standard InChI is InChI=1S/C14H10O2/c15-12-7-3-6-11-13(16)8-9-4-1-2-5-10(9)14(11)12/h1-8,15-16H. The van der Waals surface area contributed by atoms with Crippen LogP contribution in [-0.4, -0.2) is 10.2 Å². The van der Waals surface area contributed by atoms with Crippen LogP contribution in [0, 0.1) is 0 Å². The molecule has 0 saturated carbocycles. The Labute approximate surface area is 92.4 Å². The van der Waals surface area contributed by atoms with Gasteiger partial charge in [0.25, 0.3) is 0 Å². The molecule has 0 atom stereocenters. The van der Waals surface area contributed by atoms with Crippen LogP contribution in [0.15, 0.2) is 48.5 Å². The molecule has 78 valence electrons. The number of aromatic hydroxyl groups is 2. The molecule has 0 saturated heterocycles. The van der Waals surface area contributed by atoms with Crippen LogP contribution in [0.5, 0.6) is 11.5 Å². The minimum Gasteiger partial charge on any atom is -0.507 e. The quantitative estimate of drug-likeness (QED) is 0.558. The maximum Gasteiger partial charge on any atom is 0.124 e. The largest absolute Gasteiger partial charge is 0.507 e. The fraction of sp³-hybridized carbons (Fsp3) is 0. The molecule has 0 aliphatic heterocycles. The summed E-state index contributed by atoms with van der Waals surface area (Å²) in [4.78, 5) is 0. The van der Waals surface area contributed by atoms with Crippen LogP contribution in [0.4, 0.5) is 0 Å². The zero-order valence-electron chi connectivity index (χ0n) is 8.51. The summed E-state index contributed by atoms with van der Waals surface area (Å²) in [5.74, 6) is 0.397. The second kappa shape index (κ2) is 3.14. The Hall–Kier alpha value is -2.22. The van der Waals surface area contributed by atoms with E-state index in [0.29, 0.717) is 10.8 Å². The third kappa shape index (κ3) is 1.13. The smallest absolute Gasteiger partial charge is 0.124 e. The van der Waals surface area contributed by atoms with Gasteiger partial charge in [-0.25, -0.2) is 0 Å². The van der Waals surface area contributed by atoms with Crippen molar-refractivity contribution >= 4 is 21.5 Å². The molecule has 0 aliphatic carbocycles. The Kier molecular flexibility index (Phi) is 1.77. The number of benzene rings is 3. The van der Waals surface area contributed by atoms with Crippen LogP contribution in [0.2, 0.25) is 0 Å². The lowest BCUT2D eigenvalue weighted by Crippen LogP contribution is -1.79. The molecule has 0 heterocycles. The lowest BCUT2D eigenvalue weighted by molar-refractivity contribution is 0.476. The predicted molar refractivity (Wildman–Crippen MR) is 64.8 cm³/mol. The first-order valence-electron chi connectivity index (χ1n) is 5.10. The van der Waals surface area contributed by atoms with E-state index in [4.69, 9.17) is 0 Å². The monoisotopic (exact) mass is 210 g/mol. The van der Waals surface area contributed by atoms with Crippen molar-refractivity contribution in [2.24, 2.45) is 0 Å². The Morgan fingerprint density at radius 2 is 1.44 bits per heavy atom. The number of hydrogen-bond acceptors (Lipinski definition) is 2. The second-order valence-corrected chi connectivity index (χ2v) is 3.82. The van der Waals surface area contributed by atoms with E-state index in [0.717, 1.165) is 10.8 Å². The highest BCUT2D eigenvalue weighted by Gasteiger charge is 2.08. The second-order valence-electron chi connectivity index (χ2n) is 3.82. The summed E-state index contributed by atoms with van der Waals surface area (Å²) in [6.07, 6.45) is 0. The van der Waals surface area contributed by atoms with Gasteiger partial charge in [0.2, 0.25) is 0 Å². The fourth-order valence-electron chi connectivity index (χ4n) is 2.11. The molecule has 0 unspecified atom stereocenters. The number of fused-ring (bicyclic) bond motifs is 3. The topological polar surface area (TPSA) is 40.5 Å². The molecule has 2 heteroatoms. The lowest BCUT2D eigenvalue weighted by Gasteiger charge is -2.07. The molecule has 2 N–H and O–H groups in total. The molecule has 0 radical (unpaired) electrons. The predicted octanol–water partition coefficient (Wildman–Crippen LogP) is 3.40. The van der Waals surface area contributed by atoms with Crippen LogP contribution in [0.1, 0.15) is 0 Å². The van der Waals surface area contributed by atoms with Crippen LogP contribution in [0.3, 0.4) is 0 Å². The molecular weight excluding hydrogens is 200 g/mol. The van der Waals surface area contributed by atoms with Gasteiger partial charge in [0.1, 0.15) is 11.5 Å². The van der Waals surface area contributed by atoms with E-state index in [2.05, 4.69) is 0 Å². The lowest BCUT2D eigenvalue weighted by atomic mass is 10.0. The molecule has 0 fully saturated rings. The Morgan fingerprint density at radius 3 is 2.31 bits per heavy atom. The first kappa shape index (κ1) is 9.04. The molecular formula is C14H10O2. The van der Waals surface area contributed by atoms with E-state index < -0.39 is 0 Å². The van der Waals surface area contributed by atoms with Gasteiger partial charge in [0.05, 0.1) is 0 Å². The summed E-state index contributed by atoms with van der Waals surface area (Å²) < 4.78 is 0. The average molecular weight is 210 g/mol. The van der Waals surface area contributed by atoms with Gasteiger partial charge < -0.3 is 10.2 Å². The normalized spacial score (nSPS) is 11.0. The van der Waals surface area contributed by atoms with Crippen LogP contribution >= 0.6 is 0 Å². The molecule has 0 aliphatic rings. The Morgan fingerprint density at radius 1 is 0.688 bits per heavy atom. The van der Waals surface area contributed by atoms with Gasteiger partial charge in [-0.1, -0.05) is 36.4 Å². The number of phenols is 2. The van der Waals surface area contributed by atoms with Crippen molar-refractivity contribution in [3.05, 3.63) is 48.5 Å². The third-order valence-electron chi connectivity index (χ3n) is 2.84. The molecule has 16 heavy (non-hydrogen) atoms. The maximum absolute atomic E-state index is 9.88. The number of phenolic OH excluding ortho intramolecular Hbond substituents is 2. The summed E-state index contributed by atoms with van der Waals surface area (Å²) in [5.41, 5.74) is 0. The van der Waals surface area contributed by atoms with Gasteiger partial charge in [-0.05, 0) is 22.9 Å². The number of hydrogen-bond donors (Lipinski definition) is 2. The highest BCUT2D eigenvalue weighted by Crippen LogP contribution is 2.37. The zero-order valence-corrected chi connectivity index (χ0v) is 8.51. The van der Waals surface area contributed by atoms with Crippen LogP contribution in [-0.2, 0) is 0 Å². The minimum atomic E-state index is 0.199. The van der Waals surface area contributed by atoms with E-state index >= 15 is 0 Å². The SMILES string of the molecule is Oc1cc2ccccc2c2c(O)cccc12. The first-order valence-corrected chi connectivity index (χ1v) is 5.10. The van der Waals surface area contributed by atoms with E-state index in [9.17, 15) is 10.2 Å². The molecule has 0 aromatic heterocycles. The first-order chi connectivity index (χ1) is 7.77. The van der Waals surface area contributed by atoms with Gasteiger partial charge in [-0.3, -0.25) is 0 Å². The van der Waals surface area contributed by atoms with Crippen molar-refractivity contribution in [3.63, 3.8) is 0 Å². The van der Waals surface area contributed by atoms with Crippen molar-refractivity contribution in [2.45, 2.75) is 0 Å². The third-order valence-corrected chi connectivity index (χ3v) is 2.84. The van der Waals surface area contributed by atoms with Crippen LogP contribution in [0.25, 0.3) is 21.5 Å². The fourth-order valence-corrected chi connectivity index (χ4v) is 2.11. The van der Waals surface area contributed by atoms with Gasteiger partial charge in [-0.15, -0.1) is 0 Å². The van der Waals surface area contributed by atoms with E-state index in [1.54, 1.807) is 24.3 Å². The maximum atomic E-state index is 9.88. The summed E-state index contributed by atoms with van der Waals surface area (Å²) >= 11 is 0. The van der Waals surface area contributed by atoms with Crippen molar-refractivity contribution in [1.82, 2.24) is 0 Å². The molecule has 3 rings (SSSR count). The Balaban J connectivity index is 2.67. The van der Waals surface area contributed by atoms with E-state index in [1.807, 2.05) is 24.3 Å². The van der Waals surface area contributed by atoms with E-state index in [-0.39, 0.29) is 11.5 Å². The molecule has 3 aromatic carbocycles. The molecule has 0 bridgehead atoms. The van der Waals surface area contributed by atoms with Crippen molar-refractivity contribution in [1.29, 1.82) is 0 Å². The van der Waals surface area contributed by atoms with Gasteiger partial charge in [-0.2, -0.15) is 0 Å². The van der Waals surface area contributed by atoms with Crippen molar-refractivity contribution in [3.8, 4) is 11.5 Å². The highest BCUT2D eigenvalue weighted by atomic mass is 16.3. The molecule has 2 nitrogen and oxygen atoms in total. The summed E-state index contributed by atoms with van der Waals surface area (Å²) in [6.45, 7) is 0. The van der Waals surface area contributed by atoms with Crippen molar-refractivity contribution in [2.75, 3.05) is 0 Å². The number of rotatable bonds is 0. The Bertz CT molecular complexity index is 687. The van der Waals surface area contributed by atoms with Crippen LogP contribution < -0.4 is 0 Å². The highest BCUT2D eigenvalue weighted by molar-refractivity contribution is 6.12. The van der Waals surface area contributed by atoms with Crippen molar-refractivity contribution < 1.29 is 10.2 Å². The molecule has 0 amide bonds. The summed E-state index contributed by atoms with van der Waals surface area (Å²) in [6, 6.07) is 14.6.